The summed E-state index contributed by atoms with van der Waals surface area (Å²) in [5.41, 5.74) is 2.62. The van der Waals surface area contributed by atoms with Crippen molar-refractivity contribution in [2.45, 2.75) is 50.9 Å². The molecule has 1 heterocycles. The summed E-state index contributed by atoms with van der Waals surface area (Å²) in [6.07, 6.45) is 2.41. The van der Waals surface area contributed by atoms with Crippen molar-refractivity contribution in [3.8, 4) is 11.4 Å². The Morgan fingerprint density at radius 1 is 1.15 bits per heavy atom. The molecule has 0 radical (unpaired) electrons. The molecule has 1 saturated carbocycles. The van der Waals surface area contributed by atoms with Gasteiger partial charge in [-0.25, -0.2) is 0 Å². The fourth-order valence-corrected chi connectivity index (χ4v) is 2.63. The van der Waals surface area contributed by atoms with Crippen molar-refractivity contribution < 1.29 is 0 Å². The van der Waals surface area contributed by atoms with Gasteiger partial charge in [-0.1, -0.05) is 45.0 Å². The van der Waals surface area contributed by atoms with E-state index in [1.54, 1.807) is 0 Å². The van der Waals surface area contributed by atoms with E-state index in [1.807, 2.05) is 0 Å². The summed E-state index contributed by atoms with van der Waals surface area (Å²) in [5, 5.41) is 8.56. The van der Waals surface area contributed by atoms with Crippen LogP contribution >= 0.6 is 11.6 Å². The second-order valence-corrected chi connectivity index (χ2v) is 6.77. The highest BCUT2D eigenvalue weighted by Crippen LogP contribution is 2.39. The van der Waals surface area contributed by atoms with Crippen molar-refractivity contribution in [1.82, 2.24) is 14.8 Å². The molecule has 0 unspecified atom stereocenters. The molecule has 20 heavy (non-hydrogen) atoms. The Kier molecular flexibility index (Phi) is 3.33. The minimum atomic E-state index is 0.171. The Morgan fingerprint density at radius 2 is 1.80 bits per heavy atom. The van der Waals surface area contributed by atoms with Gasteiger partial charge in [-0.05, 0) is 23.8 Å². The lowest BCUT2D eigenvalue weighted by molar-refractivity contribution is 0.590. The van der Waals surface area contributed by atoms with Crippen molar-refractivity contribution in [3.63, 3.8) is 0 Å². The predicted octanol–water partition coefficient (Wildman–Crippen LogP) is 4.32. The molecule has 0 N–H and O–H groups in total. The molecule has 4 heteroatoms. The fraction of sp³-hybridized carbons (Fsp3) is 0.500. The lowest BCUT2D eigenvalue weighted by Crippen LogP contribution is -2.10. The van der Waals surface area contributed by atoms with Crippen molar-refractivity contribution in [2.75, 3.05) is 0 Å². The molecule has 0 saturated heterocycles. The first-order valence-corrected chi connectivity index (χ1v) is 7.65. The number of nitrogens with zero attached hydrogens (tertiary/aromatic N) is 3. The Bertz CT molecular complexity index is 604. The van der Waals surface area contributed by atoms with E-state index in [9.17, 15) is 0 Å². The summed E-state index contributed by atoms with van der Waals surface area (Å²) < 4.78 is 2.21. The number of rotatable bonds is 3. The van der Waals surface area contributed by atoms with Gasteiger partial charge in [0.05, 0.1) is 5.88 Å². The van der Waals surface area contributed by atoms with Crippen LogP contribution in [-0.4, -0.2) is 14.8 Å². The fourth-order valence-electron chi connectivity index (χ4n) is 2.45. The summed E-state index contributed by atoms with van der Waals surface area (Å²) in [6, 6.07) is 9.18. The zero-order valence-electron chi connectivity index (χ0n) is 12.2. The third-order valence-electron chi connectivity index (χ3n) is 3.81. The minimum absolute atomic E-state index is 0.171. The normalized spacial score (nSPS) is 15.6. The molecule has 2 aromatic rings. The molecule has 3 nitrogen and oxygen atoms in total. The molecule has 1 aromatic carbocycles. The van der Waals surface area contributed by atoms with Crippen LogP contribution < -0.4 is 0 Å². The van der Waals surface area contributed by atoms with Gasteiger partial charge >= 0.3 is 0 Å². The standard InChI is InChI=1S/C16H20ClN3/c1-16(2,3)12-6-4-11(5-7-12)15-19-18-14(10-17)20(15)13-8-9-13/h4-7,13H,8-10H2,1-3H3. The van der Waals surface area contributed by atoms with Crippen molar-refractivity contribution in [2.24, 2.45) is 0 Å². The van der Waals surface area contributed by atoms with E-state index in [2.05, 4.69) is 59.8 Å². The van der Waals surface area contributed by atoms with Gasteiger partial charge in [0, 0.05) is 11.6 Å². The van der Waals surface area contributed by atoms with Gasteiger partial charge in [0.1, 0.15) is 5.82 Å². The van der Waals surface area contributed by atoms with Crippen molar-refractivity contribution in [1.29, 1.82) is 0 Å². The molecular formula is C16H20ClN3. The highest BCUT2D eigenvalue weighted by molar-refractivity contribution is 6.16. The lowest BCUT2D eigenvalue weighted by Gasteiger charge is -2.19. The summed E-state index contributed by atoms with van der Waals surface area (Å²) in [7, 11) is 0. The van der Waals surface area contributed by atoms with E-state index in [1.165, 1.54) is 18.4 Å². The molecule has 0 bridgehead atoms. The monoisotopic (exact) mass is 289 g/mol. The maximum absolute atomic E-state index is 5.97. The largest absolute Gasteiger partial charge is 0.307 e. The lowest BCUT2D eigenvalue weighted by atomic mass is 9.87. The number of aromatic nitrogens is 3. The third kappa shape index (κ3) is 2.47. The summed E-state index contributed by atoms with van der Waals surface area (Å²) in [5.74, 6) is 2.25. The SMILES string of the molecule is CC(C)(C)c1ccc(-c2nnc(CCl)n2C2CC2)cc1. The zero-order chi connectivity index (χ0) is 14.3. The molecule has 1 aromatic heterocycles. The van der Waals surface area contributed by atoms with E-state index in [-0.39, 0.29) is 5.41 Å². The van der Waals surface area contributed by atoms with Crippen molar-refractivity contribution in [3.05, 3.63) is 35.7 Å². The van der Waals surface area contributed by atoms with Gasteiger partial charge in [-0.3, -0.25) is 0 Å². The van der Waals surface area contributed by atoms with Gasteiger partial charge < -0.3 is 4.57 Å². The van der Waals surface area contributed by atoms with Crippen LogP contribution in [0.3, 0.4) is 0 Å². The molecule has 0 aliphatic heterocycles. The average Bonchev–Trinajstić information content (AvgIpc) is 3.17. The predicted molar refractivity (Wildman–Crippen MR) is 82.0 cm³/mol. The summed E-state index contributed by atoms with van der Waals surface area (Å²) >= 11 is 5.97. The van der Waals surface area contributed by atoms with Gasteiger partial charge in [-0.2, -0.15) is 0 Å². The van der Waals surface area contributed by atoms with Crippen LogP contribution in [0, 0.1) is 0 Å². The Hall–Kier alpha value is -1.35. The number of hydrogen-bond acceptors (Lipinski definition) is 2. The van der Waals surface area contributed by atoms with E-state index in [0.29, 0.717) is 11.9 Å². The first-order valence-electron chi connectivity index (χ1n) is 7.11. The molecule has 0 amide bonds. The van der Waals surface area contributed by atoms with E-state index in [0.717, 1.165) is 17.2 Å². The topological polar surface area (TPSA) is 30.7 Å². The van der Waals surface area contributed by atoms with Gasteiger partial charge in [-0.15, -0.1) is 21.8 Å². The maximum Gasteiger partial charge on any atom is 0.164 e. The summed E-state index contributed by atoms with van der Waals surface area (Å²) in [6.45, 7) is 6.67. The first kappa shape index (κ1) is 13.6. The Balaban J connectivity index is 1.99. The molecule has 1 aliphatic carbocycles. The number of alkyl halides is 1. The molecule has 106 valence electrons. The maximum atomic E-state index is 5.97. The molecule has 0 spiro atoms. The van der Waals surface area contributed by atoms with Crippen molar-refractivity contribution >= 4 is 11.6 Å². The number of halogens is 1. The highest BCUT2D eigenvalue weighted by Gasteiger charge is 2.29. The van der Waals surface area contributed by atoms with E-state index >= 15 is 0 Å². The Morgan fingerprint density at radius 3 is 2.30 bits per heavy atom. The van der Waals surface area contributed by atoms with Gasteiger partial charge in [0.2, 0.25) is 0 Å². The molecular weight excluding hydrogens is 270 g/mol. The molecule has 3 rings (SSSR count). The van der Waals surface area contributed by atoms with E-state index < -0.39 is 0 Å². The van der Waals surface area contributed by atoms with Crippen LogP contribution in [0.4, 0.5) is 0 Å². The second kappa shape index (κ2) is 4.88. The van der Waals surface area contributed by atoms with Crippen LogP contribution in [0.2, 0.25) is 0 Å². The molecule has 0 atom stereocenters. The van der Waals surface area contributed by atoms with Crippen LogP contribution in [0.15, 0.2) is 24.3 Å². The quantitative estimate of drug-likeness (QED) is 0.788. The zero-order valence-corrected chi connectivity index (χ0v) is 13.0. The van der Waals surface area contributed by atoms with E-state index in [4.69, 9.17) is 11.6 Å². The van der Waals surface area contributed by atoms with Crippen LogP contribution in [0.5, 0.6) is 0 Å². The average molecular weight is 290 g/mol. The highest BCUT2D eigenvalue weighted by atomic mass is 35.5. The third-order valence-corrected chi connectivity index (χ3v) is 4.05. The van der Waals surface area contributed by atoms with Crippen LogP contribution in [0.25, 0.3) is 11.4 Å². The number of benzene rings is 1. The second-order valence-electron chi connectivity index (χ2n) is 6.50. The van der Waals surface area contributed by atoms with Gasteiger partial charge in [0.15, 0.2) is 5.82 Å². The minimum Gasteiger partial charge on any atom is -0.307 e. The first-order chi connectivity index (χ1) is 9.50. The van der Waals surface area contributed by atoms with Gasteiger partial charge in [0.25, 0.3) is 0 Å². The molecule has 1 fully saturated rings. The van der Waals surface area contributed by atoms with Crippen LogP contribution in [0.1, 0.15) is 51.0 Å². The van der Waals surface area contributed by atoms with Crippen LogP contribution in [-0.2, 0) is 11.3 Å². The molecule has 1 aliphatic rings. The smallest absolute Gasteiger partial charge is 0.164 e. The number of hydrogen-bond donors (Lipinski definition) is 0. The Labute approximate surface area is 125 Å². The summed E-state index contributed by atoms with van der Waals surface area (Å²) in [4.78, 5) is 0.